The number of hydrogen-bond donors (Lipinski definition) is 1. The zero-order valence-electron chi connectivity index (χ0n) is 12.1. The van der Waals surface area contributed by atoms with Crippen LogP contribution in [-0.2, 0) is 4.79 Å². The van der Waals surface area contributed by atoms with E-state index in [2.05, 4.69) is 5.32 Å². The van der Waals surface area contributed by atoms with Crippen LogP contribution in [0.5, 0.6) is 0 Å². The predicted octanol–water partition coefficient (Wildman–Crippen LogP) is 0.580. The van der Waals surface area contributed by atoms with E-state index < -0.39 is 0 Å². The fourth-order valence-electron chi connectivity index (χ4n) is 3.02. The lowest BCUT2D eigenvalue weighted by atomic mass is 10.1. The number of hydrogen-bond acceptors (Lipinski definition) is 3. The molecular formula is C16H21N3O2. The van der Waals surface area contributed by atoms with Gasteiger partial charge in [-0.25, -0.2) is 0 Å². The monoisotopic (exact) mass is 287 g/mol. The van der Waals surface area contributed by atoms with Crippen molar-refractivity contribution >= 4 is 11.8 Å². The van der Waals surface area contributed by atoms with Gasteiger partial charge in [0, 0.05) is 38.3 Å². The minimum absolute atomic E-state index is 0.0604. The summed E-state index contributed by atoms with van der Waals surface area (Å²) in [6, 6.07) is 9.33. The molecule has 2 saturated heterocycles. The van der Waals surface area contributed by atoms with Crippen LogP contribution < -0.4 is 5.32 Å². The Morgan fingerprint density at radius 3 is 2.29 bits per heavy atom. The van der Waals surface area contributed by atoms with Crippen molar-refractivity contribution in [2.24, 2.45) is 5.92 Å². The van der Waals surface area contributed by atoms with Crippen LogP contribution in [0, 0.1) is 5.92 Å². The van der Waals surface area contributed by atoms with E-state index >= 15 is 0 Å². The molecule has 5 heteroatoms. The summed E-state index contributed by atoms with van der Waals surface area (Å²) in [5.74, 6) is 0.429. The number of nitrogens with one attached hydrogen (secondary N) is 1. The molecule has 21 heavy (non-hydrogen) atoms. The van der Waals surface area contributed by atoms with Gasteiger partial charge in [-0.1, -0.05) is 18.2 Å². The van der Waals surface area contributed by atoms with Crippen LogP contribution >= 0.6 is 0 Å². The maximum atomic E-state index is 12.3. The Morgan fingerprint density at radius 2 is 1.67 bits per heavy atom. The van der Waals surface area contributed by atoms with Gasteiger partial charge in [0.2, 0.25) is 5.91 Å². The summed E-state index contributed by atoms with van der Waals surface area (Å²) in [6.45, 7) is 4.27. The molecule has 2 aliphatic rings. The first-order valence-electron chi connectivity index (χ1n) is 7.59. The third kappa shape index (κ3) is 3.08. The second-order valence-electron chi connectivity index (χ2n) is 5.67. The summed E-state index contributed by atoms with van der Waals surface area (Å²) in [7, 11) is 0. The fraction of sp³-hybridized carbons (Fsp3) is 0.500. The van der Waals surface area contributed by atoms with Crippen molar-refractivity contribution in [1.29, 1.82) is 0 Å². The minimum atomic E-state index is 0.0604. The van der Waals surface area contributed by atoms with Gasteiger partial charge in [-0.2, -0.15) is 0 Å². The number of nitrogens with zero attached hydrogens (tertiary/aromatic N) is 2. The van der Waals surface area contributed by atoms with Gasteiger partial charge < -0.3 is 15.1 Å². The summed E-state index contributed by atoms with van der Waals surface area (Å²) in [5.41, 5.74) is 0.720. The molecule has 112 valence electrons. The van der Waals surface area contributed by atoms with Crippen molar-refractivity contribution < 1.29 is 9.59 Å². The van der Waals surface area contributed by atoms with E-state index in [4.69, 9.17) is 0 Å². The van der Waals surface area contributed by atoms with Gasteiger partial charge in [-0.05, 0) is 25.1 Å². The maximum absolute atomic E-state index is 12.3. The molecule has 1 N–H and O–H groups in total. The maximum Gasteiger partial charge on any atom is 0.253 e. The van der Waals surface area contributed by atoms with Gasteiger partial charge in [0.25, 0.3) is 5.91 Å². The molecule has 0 spiro atoms. The first-order valence-corrected chi connectivity index (χ1v) is 7.59. The van der Waals surface area contributed by atoms with E-state index in [-0.39, 0.29) is 17.7 Å². The summed E-state index contributed by atoms with van der Waals surface area (Å²) in [5, 5.41) is 3.23. The van der Waals surface area contributed by atoms with Crippen LogP contribution in [0.15, 0.2) is 30.3 Å². The van der Waals surface area contributed by atoms with Crippen LogP contribution in [0.2, 0.25) is 0 Å². The van der Waals surface area contributed by atoms with Crippen LogP contribution in [0.4, 0.5) is 0 Å². The molecule has 1 unspecified atom stereocenters. The molecule has 1 aromatic rings. The van der Waals surface area contributed by atoms with E-state index in [0.717, 1.165) is 25.1 Å². The SMILES string of the molecule is O=C(c1ccccc1)N1CCN(C(=O)C2CCNC2)CC1. The lowest BCUT2D eigenvalue weighted by molar-refractivity contribution is -0.136. The summed E-state index contributed by atoms with van der Waals surface area (Å²) >= 11 is 0. The Kier molecular flexibility index (Phi) is 4.20. The van der Waals surface area contributed by atoms with Gasteiger partial charge in [-0.3, -0.25) is 9.59 Å². The second kappa shape index (κ2) is 6.26. The number of rotatable bonds is 2. The van der Waals surface area contributed by atoms with Gasteiger partial charge in [0.15, 0.2) is 0 Å². The molecule has 1 aromatic carbocycles. The molecular weight excluding hydrogens is 266 g/mol. The van der Waals surface area contributed by atoms with Crippen molar-refractivity contribution in [3.8, 4) is 0 Å². The Balaban J connectivity index is 1.55. The third-order valence-corrected chi connectivity index (χ3v) is 4.31. The molecule has 3 rings (SSSR count). The highest BCUT2D eigenvalue weighted by molar-refractivity contribution is 5.94. The lowest BCUT2D eigenvalue weighted by Crippen LogP contribution is -2.52. The minimum Gasteiger partial charge on any atom is -0.339 e. The molecule has 2 heterocycles. The number of carbonyl (C=O) groups is 2. The van der Waals surface area contributed by atoms with Crippen molar-refractivity contribution in [3.05, 3.63) is 35.9 Å². The summed E-state index contributed by atoms with van der Waals surface area (Å²) < 4.78 is 0. The van der Waals surface area contributed by atoms with E-state index in [1.165, 1.54) is 0 Å². The zero-order chi connectivity index (χ0) is 14.7. The average molecular weight is 287 g/mol. The van der Waals surface area contributed by atoms with E-state index in [1.54, 1.807) is 0 Å². The number of piperazine rings is 1. The molecule has 2 amide bonds. The van der Waals surface area contributed by atoms with Crippen molar-refractivity contribution in [3.63, 3.8) is 0 Å². The summed E-state index contributed by atoms with van der Waals surface area (Å²) in [6.07, 6.45) is 0.933. The quantitative estimate of drug-likeness (QED) is 0.866. The van der Waals surface area contributed by atoms with Gasteiger partial charge in [-0.15, -0.1) is 0 Å². The van der Waals surface area contributed by atoms with E-state index in [9.17, 15) is 9.59 Å². The van der Waals surface area contributed by atoms with E-state index in [0.29, 0.717) is 26.2 Å². The fourth-order valence-corrected chi connectivity index (χ4v) is 3.02. The van der Waals surface area contributed by atoms with Crippen molar-refractivity contribution in [2.45, 2.75) is 6.42 Å². The third-order valence-electron chi connectivity index (χ3n) is 4.31. The zero-order valence-corrected chi connectivity index (χ0v) is 12.1. The molecule has 0 aromatic heterocycles. The Bertz CT molecular complexity index is 504. The van der Waals surface area contributed by atoms with E-state index in [1.807, 2.05) is 40.1 Å². The molecule has 0 saturated carbocycles. The molecule has 0 bridgehead atoms. The highest BCUT2D eigenvalue weighted by atomic mass is 16.2. The van der Waals surface area contributed by atoms with Crippen molar-refractivity contribution in [1.82, 2.24) is 15.1 Å². The predicted molar refractivity (Wildman–Crippen MR) is 79.9 cm³/mol. The summed E-state index contributed by atoms with van der Waals surface area (Å²) in [4.78, 5) is 28.4. The standard InChI is InChI=1S/C16H21N3O2/c20-15(13-4-2-1-3-5-13)18-8-10-19(11-9-18)16(21)14-6-7-17-12-14/h1-5,14,17H,6-12H2. The Morgan fingerprint density at radius 1 is 1.00 bits per heavy atom. The highest BCUT2D eigenvalue weighted by Crippen LogP contribution is 2.15. The largest absolute Gasteiger partial charge is 0.339 e. The molecule has 5 nitrogen and oxygen atoms in total. The molecule has 1 atom stereocenters. The van der Waals surface area contributed by atoms with Crippen LogP contribution in [-0.4, -0.2) is 60.9 Å². The normalized spacial score (nSPS) is 22.4. The first-order chi connectivity index (χ1) is 10.3. The molecule has 0 aliphatic carbocycles. The van der Waals surface area contributed by atoms with Gasteiger partial charge in [0.1, 0.15) is 0 Å². The highest BCUT2D eigenvalue weighted by Gasteiger charge is 2.30. The topological polar surface area (TPSA) is 52.7 Å². The average Bonchev–Trinajstić information content (AvgIpc) is 3.09. The molecule has 2 fully saturated rings. The number of amides is 2. The smallest absolute Gasteiger partial charge is 0.253 e. The number of benzene rings is 1. The van der Waals surface area contributed by atoms with Crippen molar-refractivity contribution in [2.75, 3.05) is 39.3 Å². The van der Waals surface area contributed by atoms with Crippen LogP contribution in [0.25, 0.3) is 0 Å². The van der Waals surface area contributed by atoms with Gasteiger partial charge >= 0.3 is 0 Å². The Hall–Kier alpha value is -1.88. The molecule has 2 aliphatic heterocycles. The second-order valence-corrected chi connectivity index (χ2v) is 5.67. The van der Waals surface area contributed by atoms with Gasteiger partial charge in [0.05, 0.1) is 5.92 Å². The van der Waals surface area contributed by atoms with Crippen LogP contribution in [0.1, 0.15) is 16.8 Å². The Labute approximate surface area is 124 Å². The lowest BCUT2D eigenvalue weighted by Gasteiger charge is -2.36. The number of carbonyl (C=O) groups excluding carboxylic acids is 2. The first kappa shape index (κ1) is 14.1. The van der Waals surface area contributed by atoms with Crippen LogP contribution in [0.3, 0.4) is 0 Å². The molecule has 0 radical (unpaired) electrons.